The van der Waals surface area contributed by atoms with Crippen LogP contribution < -0.4 is 4.90 Å². The lowest BCUT2D eigenvalue weighted by molar-refractivity contribution is 0.662. The van der Waals surface area contributed by atoms with Gasteiger partial charge in [0.1, 0.15) is 0 Å². The zero-order valence-electron chi connectivity index (χ0n) is 35.3. The molecule has 9 aromatic carbocycles. The van der Waals surface area contributed by atoms with E-state index in [0.717, 1.165) is 55.5 Å². The number of hydrogen-bond acceptors (Lipinski definition) is 1. The molecule has 0 spiro atoms. The van der Waals surface area contributed by atoms with Gasteiger partial charge in [-0.05, 0) is 114 Å². The summed E-state index contributed by atoms with van der Waals surface area (Å²) in [4.78, 5) is 1.89. The van der Waals surface area contributed by atoms with E-state index in [9.17, 15) is 5.48 Å². The summed E-state index contributed by atoms with van der Waals surface area (Å²) in [7, 11) is 0. The van der Waals surface area contributed by atoms with Crippen molar-refractivity contribution in [1.82, 2.24) is 0 Å². The molecule has 0 bridgehead atoms. The van der Waals surface area contributed by atoms with Crippen LogP contribution in [0.4, 0.5) is 17.1 Å². The number of fused-ring (bicyclic) bond motifs is 4. The van der Waals surface area contributed by atoms with Gasteiger partial charge in [0.15, 0.2) is 0 Å². The Hall–Kier alpha value is -6.96. The van der Waals surface area contributed by atoms with Gasteiger partial charge in [-0.25, -0.2) is 0 Å². The molecule has 10 rings (SSSR count). The van der Waals surface area contributed by atoms with Gasteiger partial charge in [0, 0.05) is 22.5 Å². The van der Waals surface area contributed by atoms with Crippen LogP contribution in [-0.4, -0.2) is 0 Å². The lowest BCUT2D eigenvalue weighted by Gasteiger charge is -2.27. The van der Waals surface area contributed by atoms with E-state index in [2.05, 4.69) is 111 Å². The van der Waals surface area contributed by atoms with Crippen LogP contribution >= 0.6 is 0 Å². The third kappa shape index (κ3) is 5.81. The Balaban J connectivity index is 1.12. The first-order valence-corrected chi connectivity index (χ1v) is 19.2. The molecule has 1 aliphatic carbocycles. The smallest absolute Gasteiger partial charge is 0.0645 e. The Morgan fingerprint density at radius 3 is 1.73 bits per heavy atom. The molecular weight excluding hydrogens is 675 g/mol. The summed E-state index contributed by atoms with van der Waals surface area (Å²) >= 11 is 0. The Labute approximate surface area is 335 Å². The number of rotatable bonds is 7. The van der Waals surface area contributed by atoms with Crippen molar-refractivity contribution in [2.75, 3.05) is 4.90 Å². The number of benzene rings is 9. The van der Waals surface area contributed by atoms with Crippen LogP contribution in [0.25, 0.3) is 66.4 Å². The highest BCUT2D eigenvalue weighted by Crippen LogP contribution is 2.52. The molecule has 0 heterocycles. The average molecular weight is 720 g/mol. The molecule has 9 aromatic rings. The first kappa shape index (κ1) is 29.4. The summed E-state index contributed by atoms with van der Waals surface area (Å²) in [6.07, 6.45) is 0. The summed E-state index contributed by atoms with van der Waals surface area (Å²) in [5.74, 6) is 0. The van der Waals surface area contributed by atoms with Crippen molar-refractivity contribution in [3.63, 3.8) is 0 Å². The van der Waals surface area contributed by atoms with Gasteiger partial charge in [-0.2, -0.15) is 0 Å². The van der Waals surface area contributed by atoms with Gasteiger partial charge < -0.3 is 4.90 Å². The maximum atomic E-state index is 9.59. The predicted molar refractivity (Wildman–Crippen MR) is 238 cm³/mol. The van der Waals surface area contributed by atoms with Gasteiger partial charge in [-0.1, -0.05) is 190 Å². The van der Waals surface area contributed by atoms with Gasteiger partial charge in [0.25, 0.3) is 0 Å². The number of anilines is 3. The Morgan fingerprint density at radius 1 is 0.375 bits per heavy atom. The van der Waals surface area contributed by atoms with E-state index in [1.165, 1.54) is 22.3 Å². The molecule has 0 aliphatic heterocycles. The van der Waals surface area contributed by atoms with Crippen molar-refractivity contribution in [3.8, 4) is 55.6 Å². The molecule has 1 heteroatoms. The number of nitrogens with zero attached hydrogens (tertiary/aromatic N) is 1. The van der Waals surface area contributed by atoms with Gasteiger partial charge in [0.2, 0.25) is 0 Å². The monoisotopic (exact) mass is 719 g/mol. The second kappa shape index (κ2) is 13.7. The quantitative estimate of drug-likeness (QED) is 0.159. The highest BCUT2D eigenvalue weighted by Gasteiger charge is 2.37. The van der Waals surface area contributed by atoms with Crippen molar-refractivity contribution in [2.24, 2.45) is 0 Å². The fourth-order valence-corrected chi connectivity index (χ4v) is 8.60. The molecule has 0 aromatic heterocycles. The zero-order valence-corrected chi connectivity index (χ0v) is 31.3. The molecule has 0 radical (unpaired) electrons. The van der Waals surface area contributed by atoms with E-state index in [1.54, 1.807) is 0 Å². The average Bonchev–Trinajstić information content (AvgIpc) is 3.53. The minimum Gasteiger partial charge on any atom is -0.310 e. The summed E-state index contributed by atoms with van der Waals surface area (Å²) in [6.45, 7) is 4.59. The summed E-state index contributed by atoms with van der Waals surface area (Å²) < 4.78 is 38.0. The lowest BCUT2D eigenvalue weighted by atomic mass is 9.79. The number of hydrogen-bond donors (Lipinski definition) is 0. The van der Waals surface area contributed by atoms with E-state index in [-0.39, 0.29) is 40.8 Å². The summed E-state index contributed by atoms with van der Waals surface area (Å²) in [5.41, 5.74) is 13.9. The van der Waals surface area contributed by atoms with E-state index in [1.807, 2.05) is 95.9 Å². The molecule has 0 atom stereocenters. The van der Waals surface area contributed by atoms with Gasteiger partial charge >= 0.3 is 0 Å². The topological polar surface area (TPSA) is 3.24 Å². The van der Waals surface area contributed by atoms with Crippen molar-refractivity contribution in [1.29, 1.82) is 0 Å². The van der Waals surface area contributed by atoms with Crippen LogP contribution in [0.1, 0.15) is 30.5 Å². The van der Waals surface area contributed by atoms with Crippen LogP contribution in [0.5, 0.6) is 0 Å². The van der Waals surface area contributed by atoms with Crippen molar-refractivity contribution in [2.45, 2.75) is 19.3 Å². The van der Waals surface area contributed by atoms with Crippen LogP contribution in [0.15, 0.2) is 212 Å². The Kier molecular flexibility index (Phi) is 7.20. The van der Waals surface area contributed by atoms with Crippen LogP contribution in [0.3, 0.4) is 0 Å². The molecule has 0 N–H and O–H groups in total. The SMILES string of the molecule is [2H]c1c([2H])c(N(c2ccc(-c3cccc4c3C(C)(C)c3ccccc3-4)cc2)c2cccc(-c3cccc4ccccc34)c2)c([2H])c([2H])c1-c1ccc(-c2ccccc2)cc1. The Morgan fingerprint density at radius 2 is 0.929 bits per heavy atom. The van der Waals surface area contributed by atoms with Crippen LogP contribution in [0.2, 0.25) is 0 Å². The molecule has 1 aliphatic rings. The van der Waals surface area contributed by atoms with Gasteiger partial charge in [-0.15, -0.1) is 0 Å². The van der Waals surface area contributed by atoms with Crippen LogP contribution in [0, 0.1) is 0 Å². The summed E-state index contributed by atoms with van der Waals surface area (Å²) in [6, 6.07) is 63.7. The fraction of sp³-hybridized carbons (Fsp3) is 0.0545. The standard InChI is InChI=1S/C55H41N/c1-55(2)53-24-9-8-20-51(53)52-23-12-22-50(54(52)55)43-31-35-46(36-32-43)56(47-18-10-17-44(37-47)49-21-11-16-42-15-6-7-19-48(42)49)45-33-29-41(30-34-45)40-27-25-39(26-28-40)38-13-4-3-5-14-38/h3-37H,1-2H3/i29D,30D,33D,34D. The predicted octanol–water partition coefficient (Wildman–Crippen LogP) is 15.3. The van der Waals surface area contributed by atoms with Crippen molar-refractivity contribution in [3.05, 3.63) is 223 Å². The molecule has 0 saturated heterocycles. The Bertz CT molecular complexity index is 3060. The normalized spacial score (nSPS) is 13.6. The maximum absolute atomic E-state index is 9.59. The molecule has 0 saturated carbocycles. The van der Waals surface area contributed by atoms with Crippen LogP contribution in [-0.2, 0) is 5.41 Å². The van der Waals surface area contributed by atoms with Crippen molar-refractivity contribution < 1.29 is 5.48 Å². The first-order valence-electron chi connectivity index (χ1n) is 21.2. The lowest BCUT2D eigenvalue weighted by Crippen LogP contribution is -2.16. The minimum atomic E-state index is -0.186. The highest BCUT2D eigenvalue weighted by molar-refractivity contribution is 5.97. The van der Waals surface area contributed by atoms with Gasteiger partial charge in [0.05, 0.1) is 5.48 Å². The van der Waals surface area contributed by atoms with E-state index < -0.39 is 0 Å². The first-order chi connectivity index (χ1) is 29.2. The second-order valence-corrected chi connectivity index (χ2v) is 15.0. The third-order valence-corrected chi connectivity index (χ3v) is 11.3. The zero-order chi connectivity index (χ0) is 41.1. The molecule has 1 nitrogen and oxygen atoms in total. The second-order valence-electron chi connectivity index (χ2n) is 15.0. The third-order valence-electron chi connectivity index (χ3n) is 11.3. The van der Waals surface area contributed by atoms with E-state index in [4.69, 9.17) is 0 Å². The van der Waals surface area contributed by atoms with Crippen molar-refractivity contribution >= 4 is 27.8 Å². The van der Waals surface area contributed by atoms with Gasteiger partial charge in [-0.3, -0.25) is 0 Å². The maximum Gasteiger partial charge on any atom is 0.0645 e. The molecule has 0 fully saturated rings. The molecule has 56 heavy (non-hydrogen) atoms. The minimum absolute atomic E-state index is 0.0908. The highest BCUT2D eigenvalue weighted by atomic mass is 15.1. The fourth-order valence-electron chi connectivity index (χ4n) is 8.60. The largest absolute Gasteiger partial charge is 0.310 e. The van der Waals surface area contributed by atoms with E-state index in [0.29, 0.717) is 5.56 Å². The summed E-state index contributed by atoms with van der Waals surface area (Å²) in [5, 5.41) is 2.26. The molecular formula is C55H41N. The van der Waals surface area contributed by atoms with E-state index >= 15 is 0 Å². The molecule has 266 valence electrons. The molecule has 0 amide bonds. The molecule has 0 unspecified atom stereocenters.